The van der Waals surface area contributed by atoms with Crippen molar-refractivity contribution in [1.29, 1.82) is 0 Å². The van der Waals surface area contributed by atoms with Crippen molar-refractivity contribution < 1.29 is 4.79 Å². The first-order valence-corrected chi connectivity index (χ1v) is 7.74. The molecular formula is C19H17N3O. The van der Waals surface area contributed by atoms with Crippen molar-refractivity contribution >= 4 is 5.78 Å². The fraction of sp³-hybridized carbons (Fsp3) is 0.211. The van der Waals surface area contributed by atoms with Crippen LogP contribution in [0.4, 0.5) is 0 Å². The van der Waals surface area contributed by atoms with Crippen molar-refractivity contribution in [1.82, 2.24) is 15.0 Å². The SMILES string of the molecule is CC(=O)C1Cc2ccccc2-c2nnn(C)c2-c2ccccc21. The largest absolute Gasteiger partial charge is 0.299 e. The number of nitrogens with zero attached hydrogens (tertiary/aromatic N) is 3. The lowest BCUT2D eigenvalue weighted by atomic mass is 9.81. The van der Waals surface area contributed by atoms with Crippen LogP contribution in [0.1, 0.15) is 24.0 Å². The van der Waals surface area contributed by atoms with Gasteiger partial charge in [-0.15, -0.1) is 5.10 Å². The maximum absolute atomic E-state index is 12.3. The van der Waals surface area contributed by atoms with Gasteiger partial charge in [0.05, 0.1) is 5.69 Å². The summed E-state index contributed by atoms with van der Waals surface area (Å²) in [6.07, 6.45) is 0.693. The third kappa shape index (κ3) is 2.10. The van der Waals surface area contributed by atoms with Crippen LogP contribution in [0.5, 0.6) is 0 Å². The van der Waals surface area contributed by atoms with E-state index in [2.05, 4.69) is 28.5 Å². The number of aromatic nitrogens is 3. The number of Topliss-reactive ketones (excluding diaryl/α,β-unsaturated/α-hetero) is 1. The van der Waals surface area contributed by atoms with E-state index >= 15 is 0 Å². The third-order valence-electron chi connectivity index (χ3n) is 4.61. The molecule has 1 unspecified atom stereocenters. The summed E-state index contributed by atoms with van der Waals surface area (Å²) < 4.78 is 1.80. The topological polar surface area (TPSA) is 47.8 Å². The molecule has 1 aliphatic carbocycles. The van der Waals surface area contributed by atoms with E-state index < -0.39 is 0 Å². The van der Waals surface area contributed by atoms with Gasteiger partial charge < -0.3 is 0 Å². The van der Waals surface area contributed by atoms with Gasteiger partial charge in [-0.3, -0.25) is 4.79 Å². The summed E-state index contributed by atoms with van der Waals surface area (Å²) in [5, 5.41) is 8.63. The van der Waals surface area contributed by atoms with Gasteiger partial charge >= 0.3 is 0 Å². The molecule has 23 heavy (non-hydrogen) atoms. The summed E-state index contributed by atoms with van der Waals surface area (Å²) in [6.45, 7) is 1.67. The zero-order valence-corrected chi connectivity index (χ0v) is 13.2. The number of aryl methyl sites for hydroxylation is 1. The molecule has 0 aliphatic heterocycles. The molecule has 2 aromatic carbocycles. The zero-order chi connectivity index (χ0) is 16.0. The Labute approximate surface area is 134 Å². The van der Waals surface area contributed by atoms with Gasteiger partial charge in [0, 0.05) is 24.1 Å². The highest BCUT2D eigenvalue weighted by molar-refractivity contribution is 5.90. The molecule has 0 N–H and O–H groups in total. The second kappa shape index (κ2) is 5.16. The van der Waals surface area contributed by atoms with E-state index in [4.69, 9.17) is 0 Å². The average molecular weight is 303 g/mol. The minimum absolute atomic E-state index is 0.143. The summed E-state index contributed by atoms with van der Waals surface area (Å²) in [5.41, 5.74) is 6.17. The molecule has 1 atom stereocenters. The molecule has 114 valence electrons. The number of carbonyl (C=O) groups excluding carboxylic acids is 1. The van der Waals surface area contributed by atoms with Crippen molar-refractivity contribution in [2.24, 2.45) is 7.05 Å². The summed E-state index contributed by atoms with van der Waals surface area (Å²) in [4.78, 5) is 12.3. The fourth-order valence-electron chi connectivity index (χ4n) is 3.48. The van der Waals surface area contributed by atoms with E-state index in [1.165, 1.54) is 0 Å². The highest BCUT2D eigenvalue weighted by Gasteiger charge is 2.28. The van der Waals surface area contributed by atoms with E-state index in [9.17, 15) is 4.79 Å². The van der Waals surface area contributed by atoms with Crippen LogP contribution in [0.25, 0.3) is 22.5 Å². The molecule has 0 spiro atoms. The Hall–Kier alpha value is -2.75. The van der Waals surface area contributed by atoms with E-state index in [1.54, 1.807) is 11.6 Å². The minimum atomic E-state index is -0.143. The maximum atomic E-state index is 12.3. The Balaban J connectivity index is 2.11. The number of carbonyl (C=O) groups is 1. The molecule has 0 bridgehead atoms. The van der Waals surface area contributed by atoms with Crippen LogP contribution in [0.15, 0.2) is 48.5 Å². The van der Waals surface area contributed by atoms with Crippen molar-refractivity contribution in [3.05, 3.63) is 59.7 Å². The average Bonchev–Trinajstić information content (AvgIpc) is 2.92. The van der Waals surface area contributed by atoms with E-state index in [-0.39, 0.29) is 11.7 Å². The summed E-state index contributed by atoms with van der Waals surface area (Å²) in [5.74, 6) is 0.0428. The Morgan fingerprint density at radius 2 is 1.78 bits per heavy atom. The number of benzene rings is 2. The van der Waals surface area contributed by atoms with Gasteiger partial charge in [-0.25, -0.2) is 4.68 Å². The second-order valence-electron chi connectivity index (χ2n) is 6.02. The highest BCUT2D eigenvalue weighted by atomic mass is 16.1. The van der Waals surface area contributed by atoms with E-state index in [0.717, 1.165) is 33.6 Å². The molecule has 0 saturated carbocycles. The first-order chi connectivity index (χ1) is 11.2. The van der Waals surface area contributed by atoms with Gasteiger partial charge in [0.15, 0.2) is 0 Å². The van der Waals surface area contributed by atoms with Gasteiger partial charge in [-0.05, 0) is 24.5 Å². The molecule has 4 nitrogen and oxygen atoms in total. The number of fused-ring (bicyclic) bond motifs is 5. The molecule has 4 heteroatoms. The number of ketones is 1. The first-order valence-electron chi connectivity index (χ1n) is 7.74. The number of hydrogen-bond acceptors (Lipinski definition) is 3. The molecule has 1 aromatic heterocycles. The predicted octanol–water partition coefficient (Wildman–Crippen LogP) is 3.38. The molecule has 0 saturated heterocycles. The van der Waals surface area contributed by atoms with Crippen molar-refractivity contribution in [3.8, 4) is 22.5 Å². The smallest absolute Gasteiger partial charge is 0.137 e. The summed E-state index contributed by atoms with van der Waals surface area (Å²) >= 11 is 0. The molecule has 1 aliphatic rings. The summed E-state index contributed by atoms with van der Waals surface area (Å²) in [6, 6.07) is 16.3. The van der Waals surface area contributed by atoms with Crippen LogP contribution in [0.3, 0.4) is 0 Å². The minimum Gasteiger partial charge on any atom is -0.299 e. The predicted molar refractivity (Wildman–Crippen MR) is 89.0 cm³/mol. The molecule has 0 amide bonds. The van der Waals surface area contributed by atoms with Crippen molar-refractivity contribution in [3.63, 3.8) is 0 Å². The van der Waals surface area contributed by atoms with Crippen LogP contribution < -0.4 is 0 Å². The van der Waals surface area contributed by atoms with Crippen molar-refractivity contribution in [2.45, 2.75) is 19.3 Å². The van der Waals surface area contributed by atoms with Crippen LogP contribution in [0, 0.1) is 0 Å². The van der Waals surface area contributed by atoms with Gasteiger partial charge in [0.25, 0.3) is 0 Å². The molecule has 3 aromatic rings. The molecule has 1 heterocycles. The van der Waals surface area contributed by atoms with Gasteiger partial charge in [-0.2, -0.15) is 0 Å². The molecule has 0 fully saturated rings. The van der Waals surface area contributed by atoms with E-state index in [1.807, 2.05) is 37.4 Å². The quantitative estimate of drug-likeness (QED) is 0.692. The monoisotopic (exact) mass is 303 g/mol. The molecular weight excluding hydrogens is 286 g/mol. The Bertz CT molecular complexity index is 910. The maximum Gasteiger partial charge on any atom is 0.137 e. The van der Waals surface area contributed by atoms with Crippen molar-refractivity contribution in [2.75, 3.05) is 0 Å². The highest BCUT2D eigenvalue weighted by Crippen LogP contribution is 2.40. The normalized spacial score (nSPS) is 15.8. The lowest BCUT2D eigenvalue weighted by Crippen LogP contribution is -2.16. The lowest BCUT2D eigenvalue weighted by molar-refractivity contribution is -0.118. The Kier molecular flexibility index (Phi) is 3.11. The van der Waals surface area contributed by atoms with Gasteiger partial charge in [-0.1, -0.05) is 53.7 Å². The lowest BCUT2D eigenvalue weighted by Gasteiger charge is -2.23. The first kappa shape index (κ1) is 13.9. The van der Waals surface area contributed by atoms with Crippen LogP contribution >= 0.6 is 0 Å². The second-order valence-corrected chi connectivity index (χ2v) is 6.02. The Morgan fingerprint density at radius 1 is 1.09 bits per heavy atom. The number of rotatable bonds is 1. The molecule has 0 radical (unpaired) electrons. The van der Waals surface area contributed by atoms with Crippen LogP contribution in [-0.2, 0) is 18.3 Å². The van der Waals surface area contributed by atoms with Crippen LogP contribution in [0.2, 0.25) is 0 Å². The fourth-order valence-corrected chi connectivity index (χ4v) is 3.48. The standard InChI is InChI=1S/C19H17N3O/c1-12(23)17-11-13-7-3-4-8-14(13)18-19(22(2)21-20-18)16-10-6-5-9-15(16)17/h3-10,17H,11H2,1-2H3. The van der Waals surface area contributed by atoms with E-state index in [0.29, 0.717) is 6.42 Å². The number of hydrogen-bond donors (Lipinski definition) is 0. The van der Waals surface area contributed by atoms with Crippen LogP contribution in [-0.4, -0.2) is 20.8 Å². The van der Waals surface area contributed by atoms with Gasteiger partial charge in [0.2, 0.25) is 0 Å². The zero-order valence-electron chi connectivity index (χ0n) is 13.2. The van der Waals surface area contributed by atoms with Gasteiger partial charge in [0.1, 0.15) is 11.5 Å². The third-order valence-corrected chi connectivity index (χ3v) is 4.61. The molecule has 4 rings (SSSR count). The summed E-state index contributed by atoms with van der Waals surface area (Å²) in [7, 11) is 1.90. The Morgan fingerprint density at radius 3 is 2.57 bits per heavy atom.